The Balaban J connectivity index is 2.44. The average Bonchev–Trinajstić information content (AvgIpc) is 2.24. The molecule has 0 aliphatic carbocycles. The molecule has 1 radical (unpaired) electrons. The topological polar surface area (TPSA) is 29.5 Å². The molecule has 0 spiro atoms. The van der Waals surface area contributed by atoms with Gasteiger partial charge in [-0.3, -0.25) is 0 Å². The summed E-state index contributed by atoms with van der Waals surface area (Å²) in [7, 11) is -0.726. The third-order valence-electron chi connectivity index (χ3n) is 2.44. The lowest BCUT2D eigenvalue weighted by Crippen LogP contribution is -2.21. The Kier molecular flexibility index (Phi) is 5.37. The third kappa shape index (κ3) is 6.01. The molecule has 0 aromatic heterocycles. The molecule has 0 amide bonds. The summed E-state index contributed by atoms with van der Waals surface area (Å²) >= 11 is 0. The molecule has 1 aromatic rings. The third-order valence-corrected chi connectivity index (χ3v) is 4.63. The van der Waals surface area contributed by atoms with E-state index in [2.05, 4.69) is 27.3 Å². The van der Waals surface area contributed by atoms with Gasteiger partial charge in [0.2, 0.25) is 9.04 Å². The zero-order valence-electron chi connectivity index (χ0n) is 11.3. The summed E-state index contributed by atoms with van der Waals surface area (Å²) in [6, 6.07) is 9.10. The monoisotopic (exact) mass is 251 g/mol. The Morgan fingerprint density at radius 3 is 2.47 bits per heavy atom. The first-order valence-corrected chi connectivity index (χ1v) is 8.16. The number of hydrogen-bond acceptors (Lipinski definition) is 2. The number of aliphatic hydroxyl groups is 1. The molecule has 0 heterocycles. The van der Waals surface area contributed by atoms with Gasteiger partial charge in [0, 0.05) is 0 Å². The number of aliphatic hydroxyl groups excluding tert-OH is 1. The maximum absolute atomic E-state index is 9.06. The van der Waals surface area contributed by atoms with Crippen molar-refractivity contribution < 1.29 is 9.53 Å². The van der Waals surface area contributed by atoms with Crippen LogP contribution in [0.1, 0.15) is 31.9 Å². The molecule has 1 aromatic carbocycles. The molecule has 0 fully saturated rings. The molecule has 0 aliphatic rings. The molecule has 95 valence electrons. The fraction of sp³-hybridized carbons (Fsp3) is 0.571. The van der Waals surface area contributed by atoms with E-state index in [4.69, 9.17) is 9.53 Å². The van der Waals surface area contributed by atoms with E-state index in [9.17, 15) is 0 Å². The van der Waals surface area contributed by atoms with Crippen molar-refractivity contribution in [3.05, 3.63) is 35.4 Å². The van der Waals surface area contributed by atoms with Crippen LogP contribution in [-0.2, 0) is 17.6 Å². The number of rotatable bonds is 5. The van der Waals surface area contributed by atoms with Gasteiger partial charge >= 0.3 is 0 Å². The van der Waals surface area contributed by atoms with Crippen molar-refractivity contribution in [1.82, 2.24) is 0 Å². The Hall–Kier alpha value is -0.643. The van der Waals surface area contributed by atoms with E-state index < -0.39 is 9.04 Å². The Bertz CT molecular complexity index is 344. The van der Waals surface area contributed by atoms with Crippen LogP contribution in [0.15, 0.2) is 24.3 Å². The molecule has 17 heavy (non-hydrogen) atoms. The molecule has 0 aliphatic heterocycles. The molecule has 0 saturated carbocycles. The van der Waals surface area contributed by atoms with Gasteiger partial charge in [0.15, 0.2) is 0 Å². The molecule has 1 rings (SSSR count). The summed E-state index contributed by atoms with van der Waals surface area (Å²) < 4.78 is 5.92. The molecular weight excluding hydrogens is 228 g/mol. The Morgan fingerprint density at radius 2 is 1.88 bits per heavy atom. The summed E-state index contributed by atoms with van der Waals surface area (Å²) in [5, 5.41) is 9.06. The predicted octanol–water partition coefficient (Wildman–Crippen LogP) is 3.36. The highest BCUT2D eigenvalue weighted by atomic mass is 28.3. The smallest absolute Gasteiger partial charge is 0.209 e. The first kappa shape index (κ1) is 14.4. The minimum absolute atomic E-state index is 0.0970. The normalized spacial score (nSPS) is 12.1. The molecule has 0 unspecified atom stereocenters. The number of hydrogen-bond donors (Lipinski definition) is 1. The summed E-state index contributed by atoms with van der Waals surface area (Å²) in [5.74, 6) is 0. The van der Waals surface area contributed by atoms with E-state index in [1.54, 1.807) is 0 Å². The first-order valence-electron chi connectivity index (χ1n) is 6.04. The van der Waals surface area contributed by atoms with Crippen molar-refractivity contribution in [3.63, 3.8) is 0 Å². The standard InChI is InChI=1S/C14H23O2Si/c1-14(2,3)11-17(4)16-10-13-7-5-6-12(8-13)9-15/h5-8,15H,9-11H2,1-4H3. The molecule has 0 bridgehead atoms. The maximum atomic E-state index is 9.06. The van der Waals surface area contributed by atoms with E-state index in [0.29, 0.717) is 12.0 Å². The van der Waals surface area contributed by atoms with Gasteiger partial charge in [-0.05, 0) is 29.1 Å². The fourth-order valence-corrected chi connectivity index (χ4v) is 3.83. The van der Waals surface area contributed by atoms with Crippen LogP contribution in [0.4, 0.5) is 0 Å². The fourth-order valence-electron chi connectivity index (χ4n) is 1.82. The van der Waals surface area contributed by atoms with E-state index in [1.807, 2.05) is 24.3 Å². The largest absolute Gasteiger partial charge is 0.413 e. The molecule has 0 atom stereocenters. The van der Waals surface area contributed by atoms with Gasteiger partial charge in [0.05, 0.1) is 13.2 Å². The number of benzene rings is 1. The highest BCUT2D eigenvalue weighted by Gasteiger charge is 2.17. The first-order chi connectivity index (χ1) is 7.90. The van der Waals surface area contributed by atoms with Gasteiger partial charge in [0.25, 0.3) is 0 Å². The lowest BCUT2D eigenvalue weighted by molar-refractivity contribution is 0.280. The van der Waals surface area contributed by atoms with Crippen molar-refractivity contribution in [2.24, 2.45) is 5.41 Å². The van der Waals surface area contributed by atoms with E-state index in [1.165, 1.54) is 0 Å². The van der Waals surface area contributed by atoms with Crippen molar-refractivity contribution in [1.29, 1.82) is 0 Å². The lowest BCUT2D eigenvalue weighted by atomic mass is 10.0. The summed E-state index contributed by atoms with van der Waals surface area (Å²) in [5.41, 5.74) is 2.44. The minimum atomic E-state index is -0.726. The Labute approximate surface area is 106 Å². The van der Waals surface area contributed by atoms with Gasteiger partial charge < -0.3 is 9.53 Å². The van der Waals surface area contributed by atoms with Crippen molar-refractivity contribution >= 4 is 9.04 Å². The van der Waals surface area contributed by atoms with Crippen LogP contribution in [0.25, 0.3) is 0 Å². The van der Waals surface area contributed by atoms with E-state index in [0.717, 1.165) is 17.2 Å². The van der Waals surface area contributed by atoms with Crippen molar-refractivity contribution in [2.75, 3.05) is 0 Å². The minimum Gasteiger partial charge on any atom is -0.413 e. The second-order valence-corrected chi connectivity index (χ2v) is 7.75. The van der Waals surface area contributed by atoms with Gasteiger partial charge in [-0.25, -0.2) is 0 Å². The van der Waals surface area contributed by atoms with Crippen molar-refractivity contribution in [2.45, 2.75) is 46.6 Å². The van der Waals surface area contributed by atoms with Gasteiger partial charge in [-0.15, -0.1) is 0 Å². The van der Waals surface area contributed by atoms with Crippen LogP contribution in [0.5, 0.6) is 0 Å². The lowest BCUT2D eigenvalue weighted by Gasteiger charge is -2.21. The molecule has 0 saturated heterocycles. The highest BCUT2D eigenvalue weighted by Crippen LogP contribution is 2.22. The van der Waals surface area contributed by atoms with Crippen LogP contribution >= 0.6 is 0 Å². The Morgan fingerprint density at radius 1 is 1.24 bits per heavy atom. The van der Waals surface area contributed by atoms with Crippen LogP contribution in [0, 0.1) is 5.41 Å². The van der Waals surface area contributed by atoms with Gasteiger partial charge in [-0.2, -0.15) is 0 Å². The van der Waals surface area contributed by atoms with E-state index >= 15 is 0 Å². The summed E-state index contributed by atoms with van der Waals surface area (Å²) in [4.78, 5) is 0. The van der Waals surface area contributed by atoms with Gasteiger partial charge in [0.1, 0.15) is 0 Å². The average molecular weight is 251 g/mol. The SMILES string of the molecule is C[Si](CC(C)(C)C)OCc1cccc(CO)c1. The summed E-state index contributed by atoms with van der Waals surface area (Å²) in [6.45, 7) is 9.71. The summed E-state index contributed by atoms with van der Waals surface area (Å²) in [6.07, 6.45) is 0. The van der Waals surface area contributed by atoms with E-state index in [-0.39, 0.29) is 6.61 Å². The molecule has 3 heteroatoms. The zero-order chi connectivity index (χ0) is 12.9. The second kappa shape index (κ2) is 6.33. The van der Waals surface area contributed by atoms with Gasteiger partial charge in [-0.1, -0.05) is 45.0 Å². The van der Waals surface area contributed by atoms with Crippen LogP contribution < -0.4 is 0 Å². The van der Waals surface area contributed by atoms with Crippen LogP contribution in [0.3, 0.4) is 0 Å². The predicted molar refractivity (Wildman–Crippen MR) is 73.0 cm³/mol. The van der Waals surface area contributed by atoms with Crippen LogP contribution in [0.2, 0.25) is 12.6 Å². The zero-order valence-corrected chi connectivity index (χ0v) is 12.3. The molecule has 2 nitrogen and oxygen atoms in total. The quantitative estimate of drug-likeness (QED) is 0.813. The van der Waals surface area contributed by atoms with Crippen LogP contribution in [-0.4, -0.2) is 14.1 Å². The highest BCUT2D eigenvalue weighted by molar-refractivity contribution is 6.50. The van der Waals surface area contributed by atoms with Crippen molar-refractivity contribution in [3.8, 4) is 0 Å². The second-order valence-electron chi connectivity index (χ2n) is 5.71. The molecular formula is C14H23O2Si. The molecule has 1 N–H and O–H groups in total. The maximum Gasteiger partial charge on any atom is 0.209 e.